The van der Waals surface area contributed by atoms with E-state index < -0.39 is 11.3 Å². The van der Waals surface area contributed by atoms with Gasteiger partial charge in [0, 0.05) is 13.0 Å². The Morgan fingerprint density at radius 2 is 1.97 bits per heavy atom. The van der Waals surface area contributed by atoms with Crippen LogP contribution in [0.2, 0.25) is 0 Å². The molecule has 3 unspecified atom stereocenters. The van der Waals surface area contributed by atoms with Crippen molar-refractivity contribution < 1.29 is 14.3 Å². The number of carbonyl (C=O) groups is 2. The van der Waals surface area contributed by atoms with E-state index in [1.165, 1.54) is 0 Å². The third-order valence-electron chi connectivity index (χ3n) is 5.96. The fourth-order valence-corrected chi connectivity index (χ4v) is 4.50. The topological polar surface area (TPSA) is 84.7 Å². The van der Waals surface area contributed by atoms with Gasteiger partial charge in [-0.05, 0) is 58.0 Å². The maximum Gasteiger partial charge on any atom is 0.254 e. The first kappa shape index (κ1) is 21.1. The van der Waals surface area contributed by atoms with Crippen LogP contribution in [0.5, 0.6) is 0 Å². The Balaban J connectivity index is 2.06. The Hall–Kier alpha value is -2.60. The molecule has 0 aromatic heterocycles. The van der Waals surface area contributed by atoms with Gasteiger partial charge in [-0.2, -0.15) is 0 Å². The van der Waals surface area contributed by atoms with E-state index in [1.807, 2.05) is 39.2 Å². The van der Waals surface area contributed by atoms with Gasteiger partial charge in [0.1, 0.15) is 11.9 Å². The van der Waals surface area contributed by atoms with E-state index in [9.17, 15) is 9.59 Å². The fourth-order valence-electron chi connectivity index (χ4n) is 4.50. The first-order valence-corrected chi connectivity index (χ1v) is 10.1. The molecule has 3 rings (SSSR count). The van der Waals surface area contributed by atoms with Crippen molar-refractivity contribution in [3.8, 4) is 0 Å². The number of carbonyl (C=O) groups excluding carboxylic acids is 2. The Labute approximate surface area is 172 Å². The van der Waals surface area contributed by atoms with Crippen molar-refractivity contribution in [3.05, 3.63) is 58.9 Å². The molecule has 1 aliphatic carbocycles. The van der Waals surface area contributed by atoms with E-state index in [1.54, 1.807) is 13.1 Å². The molecular formula is C23H31N3O3. The van der Waals surface area contributed by atoms with Crippen LogP contribution >= 0.6 is 0 Å². The second-order valence-electron chi connectivity index (χ2n) is 8.31. The summed E-state index contributed by atoms with van der Waals surface area (Å²) in [7, 11) is 5.59. The van der Waals surface area contributed by atoms with Crippen LogP contribution in [0.4, 0.5) is 0 Å². The molecule has 1 aromatic carbocycles. The minimum Gasteiger partial charge on any atom is -0.489 e. The van der Waals surface area contributed by atoms with Crippen LogP contribution in [0.15, 0.2) is 53.3 Å². The number of ether oxygens (including phenoxy) is 1. The molecule has 1 aromatic rings. The van der Waals surface area contributed by atoms with Gasteiger partial charge in [-0.3, -0.25) is 9.59 Å². The van der Waals surface area contributed by atoms with E-state index in [0.29, 0.717) is 24.2 Å². The normalized spacial score (nSPS) is 26.0. The molecule has 29 heavy (non-hydrogen) atoms. The standard InChI is InChI=1S/C23H31N3O3/c1-15-19(16-9-6-5-7-10-16)17-13-23(22(24)28,11-8-12-26(3)4)14-18(20(17)29-15)21(27)25-2/h5-7,9-10,14-15,19H,8,11-13H2,1-4H3,(H2,24,28)(H,25,27). The van der Waals surface area contributed by atoms with Gasteiger partial charge in [0.05, 0.1) is 11.0 Å². The molecule has 0 spiro atoms. The lowest BCUT2D eigenvalue weighted by molar-refractivity contribution is -0.125. The van der Waals surface area contributed by atoms with E-state index in [-0.39, 0.29) is 17.9 Å². The lowest BCUT2D eigenvalue weighted by Crippen LogP contribution is -2.40. The van der Waals surface area contributed by atoms with Crippen molar-refractivity contribution in [2.45, 2.75) is 38.2 Å². The zero-order chi connectivity index (χ0) is 21.2. The van der Waals surface area contributed by atoms with Crippen LogP contribution in [0.1, 0.15) is 37.7 Å². The van der Waals surface area contributed by atoms with Crippen LogP contribution in [-0.2, 0) is 14.3 Å². The number of nitrogens with one attached hydrogen (secondary N) is 1. The highest BCUT2D eigenvalue weighted by Crippen LogP contribution is 2.51. The molecular weight excluding hydrogens is 366 g/mol. The maximum atomic E-state index is 12.7. The highest BCUT2D eigenvalue weighted by atomic mass is 16.5. The Bertz CT molecular complexity index is 844. The predicted octanol–water partition coefficient (Wildman–Crippen LogP) is 2.33. The molecule has 1 heterocycles. The van der Waals surface area contributed by atoms with E-state index >= 15 is 0 Å². The highest BCUT2D eigenvalue weighted by Gasteiger charge is 2.48. The molecule has 0 fully saturated rings. The van der Waals surface area contributed by atoms with Crippen molar-refractivity contribution in [1.82, 2.24) is 10.2 Å². The molecule has 3 N–H and O–H groups in total. The Morgan fingerprint density at radius 1 is 1.28 bits per heavy atom. The van der Waals surface area contributed by atoms with Gasteiger partial charge in [-0.25, -0.2) is 0 Å². The van der Waals surface area contributed by atoms with Gasteiger partial charge in [0.25, 0.3) is 5.91 Å². The molecule has 2 amide bonds. The average Bonchev–Trinajstić information content (AvgIpc) is 3.02. The van der Waals surface area contributed by atoms with Crippen molar-refractivity contribution in [3.63, 3.8) is 0 Å². The number of primary amides is 1. The summed E-state index contributed by atoms with van der Waals surface area (Å²) in [6, 6.07) is 10.1. The molecule has 0 radical (unpaired) electrons. The second kappa shape index (κ2) is 8.41. The molecule has 3 atom stereocenters. The molecule has 0 saturated carbocycles. The largest absolute Gasteiger partial charge is 0.489 e. The molecule has 156 valence electrons. The van der Waals surface area contributed by atoms with E-state index in [0.717, 1.165) is 24.1 Å². The Kier molecular flexibility index (Phi) is 6.13. The summed E-state index contributed by atoms with van der Waals surface area (Å²) in [5, 5.41) is 2.69. The molecule has 6 nitrogen and oxygen atoms in total. The SMILES string of the molecule is CNC(=O)C1=CC(CCCN(C)C)(C(N)=O)CC2=C1OC(C)C2c1ccccc1. The van der Waals surface area contributed by atoms with E-state index in [2.05, 4.69) is 22.3 Å². The number of likely N-dealkylation sites (N-methyl/N-ethyl adjacent to an activating group) is 1. The van der Waals surface area contributed by atoms with Gasteiger partial charge < -0.3 is 20.7 Å². The zero-order valence-electron chi connectivity index (χ0n) is 17.7. The summed E-state index contributed by atoms with van der Waals surface area (Å²) in [5.74, 6) is -0.0470. The third-order valence-corrected chi connectivity index (χ3v) is 5.96. The molecule has 6 heteroatoms. The fraction of sp³-hybridized carbons (Fsp3) is 0.478. The average molecular weight is 398 g/mol. The van der Waals surface area contributed by atoms with Crippen LogP contribution in [0.25, 0.3) is 0 Å². The zero-order valence-corrected chi connectivity index (χ0v) is 17.7. The van der Waals surface area contributed by atoms with Gasteiger partial charge in [0.15, 0.2) is 0 Å². The number of amides is 2. The van der Waals surface area contributed by atoms with Crippen molar-refractivity contribution in [2.24, 2.45) is 11.1 Å². The van der Waals surface area contributed by atoms with Gasteiger partial charge in [-0.15, -0.1) is 0 Å². The number of nitrogens with zero attached hydrogens (tertiary/aromatic N) is 1. The summed E-state index contributed by atoms with van der Waals surface area (Å²) < 4.78 is 6.17. The van der Waals surface area contributed by atoms with Gasteiger partial charge >= 0.3 is 0 Å². The first-order chi connectivity index (χ1) is 13.8. The lowest BCUT2D eigenvalue weighted by Gasteiger charge is -2.34. The highest BCUT2D eigenvalue weighted by molar-refractivity contribution is 6.00. The summed E-state index contributed by atoms with van der Waals surface area (Å²) >= 11 is 0. The maximum absolute atomic E-state index is 12.7. The Morgan fingerprint density at radius 3 is 2.55 bits per heavy atom. The number of hydrogen-bond acceptors (Lipinski definition) is 4. The number of benzene rings is 1. The summed E-state index contributed by atoms with van der Waals surface area (Å²) in [6.07, 6.45) is 3.51. The number of nitrogens with two attached hydrogens (primary N) is 1. The minimum atomic E-state index is -0.892. The van der Waals surface area contributed by atoms with Gasteiger partial charge in [0.2, 0.25) is 5.91 Å². The smallest absolute Gasteiger partial charge is 0.254 e. The second-order valence-corrected chi connectivity index (χ2v) is 8.31. The molecule has 0 saturated heterocycles. The summed E-state index contributed by atoms with van der Waals surface area (Å²) in [4.78, 5) is 27.5. The van der Waals surface area contributed by atoms with Crippen molar-refractivity contribution >= 4 is 11.8 Å². The van der Waals surface area contributed by atoms with Crippen LogP contribution in [0, 0.1) is 5.41 Å². The van der Waals surface area contributed by atoms with Crippen LogP contribution in [-0.4, -0.2) is 50.5 Å². The first-order valence-electron chi connectivity index (χ1n) is 10.1. The quantitative estimate of drug-likeness (QED) is 0.740. The van der Waals surface area contributed by atoms with Crippen molar-refractivity contribution in [2.75, 3.05) is 27.7 Å². The van der Waals surface area contributed by atoms with Crippen molar-refractivity contribution in [1.29, 1.82) is 0 Å². The van der Waals surface area contributed by atoms with Gasteiger partial charge in [-0.1, -0.05) is 36.4 Å². The number of rotatable bonds is 7. The summed E-state index contributed by atoms with van der Waals surface area (Å²) in [6.45, 7) is 2.86. The monoisotopic (exact) mass is 397 g/mol. The minimum absolute atomic E-state index is 0.00729. The third kappa shape index (κ3) is 4.08. The predicted molar refractivity (Wildman–Crippen MR) is 113 cm³/mol. The lowest BCUT2D eigenvalue weighted by atomic mass is 9.68. The number of hydrogen-bond donors (Lipinski definition) is 2. The molecule has 1 aliphatic heterocycles. The summed E-state index contributed by atoms with van der Waals surface area (Å²) in [5.41, 5.74) is 7.57. The van der Waals surface area contributed by atoms with E-state index in [4.69, 9.17) is 10.5 Å². The molecule has 2 aliphatic rings. The molecule has 0 bridgehead atoms. The van der Waals surface area contributed by atoms with Crippen LogP contribution in [0.3, 0.4) is 0 Å². The van der Waals surface area contributed by atoms with Crippen LogP contribution < -0.4 is 11.1 Å².